The van der Waals surface area contributed by atoms with Crippen LogP contribution in [0.25, 0.3) is 28.2 Å². The maximum atomic E-state index is 17.3. The van der Waals surface area contributed by atoms with Crippen LogP contribution in [0.15, 0.2) is 72.4 Å². The van der Waals surface area contributed by atoms with Gasteiger partial charge in [0.1, 0.15) is 32.8 Å². The van der Waals surface area contributed by atoms with E-state index >= 15 is 4.39 Å². The summed E-state index contributed by atoms with van der Waals surface area (Å²) in [5, 5.41) is 14.6. The van der Waals surface area contributed by atoms with Crippen molar-refractivity contribution in [3.63, 3.8) is 0 Å². The number of aromatic nitrogens is 7. The number of sulfonamides is 1. The Balaban J connectivity index is 1.03. The number of hydrogen-bond donors (Lipinski definition) is 3. The van der Waals surface area contributed by atoms with Crippen LogP contribution in [0.4, 0.5) is 37.7 Å². The van der Waals surface area contributed by atoms with Crippen molar-refractivity contribution in [1.29, 1.82) is 10.8 Å². The molecule has 0 spiro atoms. The molecule has 6 aromatic rings. The first kappa shape index (κ1) is 51.3. The summed E-state index contributed by atoms with van der Waals surface area (Å²) < 4.78 is 124. The van der Waals surface area contributed by atoms with Gasteiger partial charge in [0.05, 0.1) is 48.0 Å². The highest BCUT2D eigenvalue weighted by Gasteiger charge is 2.42. The van der Waals surface area contributed by atoms with E-state index in [1.165, 1.54) is 53.1 Å². The zero-order chi connectivity index (χ0) is 52.3. The summed E-state index contributed by atoms with van der Waals surface area (Å²) in [6.45, 7) is 7.16. The molecular formula is C48H51F6N13O4S2. The van der Waals surface area contributed by atoms with Crippen molar-refractivity contribution in [1.82, 2.24) is 43.5 Å². The highest BCUT2D eigenvalue weighted by Crippen LogP contribution is 2.46. The summed E-state index contributed by atoms with van der Waals surface area (Å²) in [6.07, 6.45) is 1.53. The number of carbonyl (C=O) groups is 1. The first-order chi connectivity index (χ1) is 34.6. The number of methoxy groups -OCH3 is 1. The van der Waals surface area contributed by atoms with Gasteiger partial charge in [-0.25, -0.2) is 46.2 Å². The molecule has 3 N–H and O–H groups in total. The monoisotopic (exact) mass is 1050 g/mol. The SMILES string of the molecule is COc1ncnc(C2CC2)c1-c1nccc(N(CC(=O)N2CCN(c3cc(S(=O)(=O)NC4(C)CC4)cn4c(C(=N)SC(=N)C(F)F)ncc34)C[C@@H]2C)Cc2ccc(-c3nc(C(F)(F)F)cn3C(C)C)cc2)c1F. The molecule has 1 saturated heterocycles. The Morgan fingerprint density at radius 1 is 1.04 bits per heavy atom. The van der Waals surface area contributed by atoms with Crippen molar-refractivity contribution >= 4 is 54.7 Å². The molecule has 1 atom stereocenters. The quantitative estimate of drug-likeness (QED) is 0.0474. The first-order valence-electron chi connectivity index (χ1n) is 23.3. The van der Waals surface area contributed by atoms with Gasteiger partial charge in [-0.15, -0.1) is 0 Å². The van der Waals surface area contributed by atoms with Crippen LogP contribution < -0.4 is 19.3 Å². The number of halogens is 6. The van der Waals surface area contributed by atoms with Gasteiger partial charge in [-0.3, -0.25) is 25.0 Å². The third-order valence-corrected chi connectivity index (χ3v) is 15.5. The largest absolute Gasteiger partial charge is 0.480 e. The Labute approximate surface area is 420 Å². The number of alkyl halides is 5. The van der Waals surface area contributed by atoms with E-state index in [4.69, 9.17) is 15.6 Å². The van der Waals surface area contributed by atoms with Crippen molar-refractivity contribution in [3.05, 3.63) is 96.1 Å². The number of amides is 1. The van der Waals surface area contributed by atoms with E-state index < -0.39 is 55.8 Å². The van der Waals surface area contributed by atoms with E-state index in [-0.39, 0.29) is 96.2 Å². The highest BCUT2D eigenvalue weighted by molar-refractivity contribution is 8.26. The van der Waals surface area contributed by atoms with E-state index in [0.29, 0.717) is 46.4 Å². The molecule has 5 aromatic heterocycles. The second-order valence-corrected chi connectivity index (χ2v) is 21.7. The molecule has 73 heavy (non-hydrogen) atoms. The van der Waals surface area contributed by atoms with Crippen LogP contribution in [0.3, 0.4) is 0 Å². The lowest BCUT2D eigenvalue weighted by Gasteiger charge is -2.42. The fourth-order valence-electron chi connectivity index (χ4n) is 8.92. The minimum absolute atomic E-state index is 0.0181. The molecule has 0 unspecified atom stereocenters. The number of thioether (sulfide) groups is 1. The van der Waals surface area contributed by atoms with Gasteiger partial charge in [-0.05, 0) is 82.8 Å². The van der Waals surface area contributed by atoms with Crippen LogP contribution in [-0.2, 0) is 27.5 Å². The Bertz CT molecular complexity index is 3230. The number of piperazine rings is 1. The molecule has 2 aliphatic carbocycles. The number of hydrogen-bond acceptors (Lipinski definition) is 14. The number of benzene rings is 1. The highest BCUT2D eigenvalue weighted by atomic mass is 32.2. The van der Waals surface area contributed by atoms with Crippen molar-refractivity contribution in [3.8, 4) is 28.5 Å². The predicted molar refractivity (Wildman–Crippen MR) is 263 cm³/mol. The maximum Gasteiger partial charge on any atom is 0.434 e. The molecule has 9 rings (SSSR count). The van der Waals surface area contributed by atoms with E-state index in [9.17, 15) is 35.2 Å². The summed E-state index contributed by atoms with van der Waals surface area (Å²) in [5.74, 6) is -1.01. The Morgan fingerprint density at radius 3 is 2.40 bits per heavy atom. The minimum Gasteiger partial charge on any atom is -0.480 e. The van der Waals surface area contributed by atoms with Crippen LogP contribution in [0.5, 0.6) is 5.88 Å². The fraction of sp³-hybridized carbons (Fsp3) is 0.417. The average molecular weight is 1050 g/mol. The number of rotatable bonds is 16. The van der Waals surface area contributed by atoms with Crippen molar-refractivity contribution in [2.24, 2.45) is 0 Å². The second-order valence-electron chi connectivity index (χ2n) is 19.0. The normalized spacial score (nSPS) is 16.9. The molecule has 25 heteroatoms. The molecule has 6 heterocycles. The smallest absolute Gasteiger partial charge is 0.434 e. The molecule has 1 amide bonds. The van der Waals surface area contributed by atoms with Gasteiger partial charge >= 0.3 is 6.18 Å². The van der Waals surface area contributed by atoms with Gasteiger partial charge < -0.3 is 24.0 Å². The van der Waals surface area contributed by atoms with E-state index in [0.717, 1.165) is 19.0 Å². The zero-order valence-corrected chi connectivity index (χ0v) is 41.8. The molecule has 0 radical (unpaired) electrons. The average Bonchev–Trinajstić information content (AvgIpc) is 4.22. The number of anilines is 2. The zero-order valence-electron chi connectivity index (χ0n) is 40.2. The molecule has 1 aliphatic heterocycles. The van der Waals surface area contributed by atoms with Gasteiger partial charge in [0.15, 0.2) is 17.3 Å². The topological polar surface area (TPSA) is 204 Å². The molecule has 386 valence electrons. The van der Waals surface area contributed by atoms with Gasteiger partial charge in [0.2, 0.25) is 21.8 Å². The van der Waals surface area contributed by atoms with Gasteiger partial charge in [-0.1, -0.05) is 24.3 Å². The second kappa shape index (κ2) is 19.7. The van der Waals surface area contributed by atoms with Crippen LogP contribution >= 0.6 is 11.8 Å². The number of fused-ring (bicyclic) bond motifs is 1. The lowest BCUT2D eigenvalue weighted by atomic mass is 10.1. The van der Waals surface area contributed by atoms with E-state index in [1.54, 1.807) is 54.8 Å². The van der Waals surface area contributed by atoms with E-state index in [1.807, 2.05) is 11.8 Å². The first-order valence-corrected chi connectivity index (χ1v) is 25.6. The lowest BCUT2D eigenvalue weighted by Crippen LogP contribution is -2.56. The summed E-state index contributed by atoms with van der Waals surface area (Å²) in [6, 6.07) is 8.67. The van der Waals surface area contributed by atoms with Crippen LogP contribution in [0, 0.1) is 16.6 Å². The Morgan fingerprint density at radius 2 is 1.77 bits per heavy atom. The van der Waals surface area contributed by atoms with Crippen molar-refractivity contribution < 1.29 is 44.3 Å². The molecule has 0 bridgehead atoms. The number of nitrogens with zero attached hydrogens (tertiary/aromatic N) is 10. The van der Waals surface area contributed by atoms with Crippen molar-refractivity contribution in [2.75, 3.05) is 43.1 Å². The summed E-state index contributed by atoms with van der Waals surface area (Å²) in [7, 11) is -2.74. The molecule has 2 saturated carbocycles. The van der Waals surface area contributed by atoms with E-state index in [2.05, 4.69) is 29.6 Å². The lowest BCUT2D eigenvalue weighted by molar-refractivity contribution is -0.141. The van der Waals surface area contributed by atoms with Gasteiger partial charge in [0, 0.05) is 73.9 Å². The summed E-state index contributed by atoms with van der Waals surface area (Å²) in [4.78, 5) is 40.9. The van der Waals surface area contributed by atoms with Crippen LogP contribution in [-0.4, -0.2) is 114 Å². The molecule has 3 fully saturated rings. The minimum atomic E-state index is -4.66. The fourth-order valence-corrected chi connectivity index (χ4v) is 11.0. The number of nitrogens with one attached hydrogen (secondary N) is 3. The van der Waals surface area contributed by atoms with Crippen LogP contribution in [0.1, 0.15) is 88.1 Å². The summed E-state index contributed by atoms with van der Waals surface area (Å²) >= 11 is 0.202. The standard InChI is InChI=1S/C48H51F6N13O4S2/c1-26(2)66-23-35(48(52,53)54)61-44(66)30-8-6-28(7-9-30)21-64(32-12-15-57-40(38(32)49)37-39(29-10-11-29)59-25-60-46(37)71-5)24-36(68)65-17-16-63(20-27(65)3)33-18-31(73(69,70)62-47(4)13-14-47)22-67-34(33)19-58-45(67)43(56)72-42(55)41(50)51/h6-9,12,15,18-19,22-23,25-27,29,41,55-56,62H,10-11,13-14,16-17,20-21,24H2,1-5H3/t27-/m0/s1. The maximum absolute atomic E-state index is 17.3. The third kappa shape index (κ3) is 10.6. The van der Waals surface area contributed by atoms with Gasteiger partial charge in [-0.2, -0.15) is 13.2 Å². The summed E-state index contributed by atoms with van der Waals surface area (Å²) in [5.41, 5.74) is 0.883. The Kier molecular flexibility index (Phi) is 13.8. The number of carbonyl (C=O) groups excluding carboxylic acids is 1. The van der Waals surface area contributed by atoms with Crippen molar-refractivity contribution in [2.45, 2.75) is 101 Å². The number of imidazole rings is 2. The molecule has 1 aromatic carbocycles. The van der Waals surface area contributed by atoms with Crippen LogP contribution in [0.2, 0.25) is 0 Å². The Hall–Kier alpha value is -6.60. The third-order valence-electron chi connectivity index (χ3n) is 13.1. The molecule has 17 nitrogen and oxygen atoms in total. The number of pyridine rings is 2. The molecular weight excluding hydrogens is 1000 g/mol. The number of ether oxygens (including phenoxy) is 1. The predicted octanol–water partition coefficient (Wildman–Crippen LogP) is 8.55. The van der Waals surface area contributed by atoms with Gasteiger partial charge in [0.25, 0.3) is 6.43 Å². The molecule has 3 aliphatic rings.